The highest BCUT2D eigenvalue weighted by molar-refractivity contribution is 7.98. The second-order valence-electron chi connectivity index (χ2n) is 6.26. The molecular weight excluding hydrogens is 316 g/mol. The van der Waals surface area contributed by atoms with E-state index in [0.717, 1.165) is 31.0 Å². The molecule has 1 atom stereocenters. The number of carbonyl (C=O) groups is 1. The number of hydrogen-bond donors (Lipinski definition) is 0. The first kappa shape index (κ1) is 16.2. The Hall–Kier alpha value is -0.710. The van der Waals surface area contributed by atoms with E-state index in [2.05, 4.69) is 4.90 Å². The summed E-state index contributed by atoms with van der Waals surface area (Å²) in [6, 6.07) is 5.71. The van der Waals surface area contributed by atoms with Gasteiger partial charge in [-0.05, 0) is 62.7 Å². The van der Waals surface area contributed by atoms with Crippen molar-refractivity contribution in [3.05, 3.63) is 28.8 Å². The second kappa shape index (κ2) is 7.24. The Kier molecular flexibility index (Phi) is 5.32. The molecule has 2 saturated heterocycles. The standard InChI is InChI=1S/C17H23ClN2OS/c1-22-14-4-5-16(18)15(10-14)17(21)20-9-6-13(12-20)11-19-7-2-3-8-19/h4-5,10,13H,2-3,6-9,11-12H2,1H3/t13-/m0/s1. The summed E-state index contributed by atoms with van der Waals surface area (Å²) in [5.41, 5.74) is 0.648. The van der Waals surface area contributed by atoms with Gasteiger partial charge in [0, 0.05) is 24.5 Å². The average Bonchev–Trinajstić information content (AvgIpc) is 3.19. The molecule has 2 aliphatic rings. The Morgan fingerprint density at radius 1 is 1.32 bits per heavy atom. The fourth-order valence-electron chi connectivity index (χ4n) is 3.46. The number of carbonyl (C=O) groups excluding carboxylic acids is 1. The van der Waals surface area contributed by atoms with Crippen molar-refractivity contribution >= 4 is 29.3 Å². The third kappa shape index (κ3) is 3.61. The van der Waals surface area contributed by atoms with Crippen LogP contribution in [-0.4, -0.2) is 54.7 Å². The monoisotopic (exact) mass is 338 g/mol. The summed E-state index contributed by atoms with van der Waals surface area (Å²) < 4.78 is 0. The molecule has 0 spiro atoms. The van der Waals surface area contributed by atoms with Crippen molar-refractivity contribution in [2.75, 3.05) is 39.0 Å². The van der Waals surface area contributed by atoms with Crippen LogP contribution in [0.15, 0.2) is 23.1 Å². The second-order valence-corrected chi connectivity index (χ2v) is 7.55. The van der Waals surface area contributed by atoms with E-state index in [1.54, 1.807) is 11.8 Å². The predicted octanol–water partition coefficient (Wildman–Crippen LogP) is 3.62. The molecule has 5 heteroatoms. The number of likely N-dealkylation sites (tertiary alicyclic amines) is 2. The van der Waals surface area contributed by atoms with Gasteiger partial charge in [-0.1, -0.05) is 11.6 Å². The minimum atomic E-state index is 0.0878. The number of hydrogen-bond acceptors (Lipinski definition) is 3. The highest BCUT2D eigenvalue weighted by atomic mass is 35.5. The van der Waals surface area contributed by atoms with Crippen LogP contribution in [0.5, 0.6) is 0 Å². The van der Waals surface area contributed by atoms with Crippen LogP contribution in [0.25, 0.3) is 0 Å². The number of amides is 1. The van der Waals surface area contributed by atoms with Gasteiger partial charge >= 0.3 is 0 Å². The third-order valence-corrected chi connectivity index (χ3v) is 5.75. The molecule has 0 N–H and O–H groups in total. The minimum absolute atomic E-state index is 0.0878. The maximum Gasteiger partial charge on any atom is 0.255 e. The van der Waals surface area contributed by atoms with Crippen molar-refractivity contribution in [3.8, 4) is 0 Å². The summed E-state index contributed by atoms with van der Waals surface area (Å²) in [4.78, 5) is 18.3. The first-order chi connectivity index (χ1) is 10.7. The van der Waals surface area contributed by atoms with Crippen molar-refractivity contribution in [1.82, 2.24) is 9.80 Å². The topological polar surface area (TPSA) is 23.6 Å². The van der Waals surface area contributed by atoms with E-state index < -0.39 is 0 Å². The third-order valence-electron chi connectivity index (χ3n) is 4.69. The Bertz CT molecular complexity index is 545. The molecule has 0 aliphatic carbocycles. The first-order valence-corrected chi connectivity index (χ1v) is 9.63. The van der Waals surface area contributed by atoms with Gasteiger partial charge in [0.25, 0.3) is 5.91 Å². The van der Waals surface area contributed by atoms with Crippen molar-refractivity contribution in [2.45, 2.75) is 24.2 Å². The van der Waals surface area contributed by atoms with E-state index in [-0.39, 0.29) is 5.91 Å². The van der Waals surface area contributed by atoms with Crippen molar-refractivity contribution < 1.29 is 4.79 Å². The zero-order chi connectivity index (χ0) is 15.5. The van der Waals surface area contributed by atoms with Crippen molar-refractivity contribution in [1.29, 1.82) is 0 Å². The SMILES string of the molecule is CSc1ccc(Cl)c(C(=O)N2CC[C@@H](CN3CCCC3)C2)c1. The summed E-state index contributed by atoms with van der Waals surface area (Å²) in [6.45, 7) is 5.33. The molecule has 0 unspecified atom stereocenters. The van der Waals surface area contributed by atoms with E-state index in [1.165, 1.54) is 25.9 Å². The lowest BCUT2D eigenvalue weighted by Gasteiger charge is -2.21. The first-order valence-electron chi connectivity index (χ1n) is 8.02. The van der Waals surface area contributed by atoms with Crippen LogP contribution in [0, 0.1) is 5.92 Å². The molecule has 1 aromatic carbocycles. The molecular formula is C17H23ClN2OS. The summed E-state index contributed by atoms with van der Waals surface area (Å²) in [5.74, 6) is 0.703. The van der Waals surface area contributed by atoms with Gasteiger partial charge in [0.1, 0.15) is 0 Å². The fourth-order valence-corrected chi connectivity index (χ4v) is 4.10. The van der Waals surface area contributed by atoms with Gasteiger partial charge in [-0.2, -0.15) is 0 Å². The van der Waals surface area contributed by atoms with Gasteiger partial charge < -0.3 is 9.80 Å². The molecule has 2 heterocycles. The van der Waals surface area contributed by atoms with Gasteiger partial charge in [0.05, 0.1) is 10.6 Å². The van der Waals surface area contributed by atoms with Crippen LogP contribution in [0.3, 0.4) is 0 Å². The van der Waals surface area contributed by atoms with E-state index in [4.69, 9.17) is 11.6 Å². The summed E-state index contributed by atoms with van der Waals surface area (Å²) in [6.07, 6.45) is 5.78. The largest absolute Gasteiger partial charge is 0.338 e. The number of nitrogens with zero attached hydrogens (tertiary/aromatic N) is 2. The highest BCUT2D eigenvalue weighted by Gasteiger charge is 2.29. The van der Waals surface area contributed by atoms with Crippen LogP contribution in [0.2, 0.25) is 5.02 Å². The summed E-state index contributed by atoms with van der Waals surface area (Å²) in [7, 11) is 0. The molecule has 1 aromatic rings. The number of thioether (sulfide) groups is 1. The molecule has 2 aliphatic heterocycles. The minimum Gasteiger partial charge on any atom is -0.338 e. The van der Waals surface area contributed by atoms with E-state index in [0.29, 0.717) is 16.5 Å². The quantitative estimate of drug-likeness (QED) is 0.783. The van der Waals surface area contributed by atoms with Crippen LogP contribution in [0.1, 0.15) is 29.6 Å². The summed E-state index contributed by atoms with van der Waals surface area (Å²) in [5, 5.41) is 0.561. The highest BCUT2D eigenvalue weighted by Crippen LogP contribution is 2.27. The zero-order valence-electron chi connectivity index (χ0n) is 13.1. The molecule has 0 aromatic heterocycles. The van der Waals surface area contributed by atoms with Gasteiger partial charge in [0.15, 0.2) is 0 Å². The Morgan fingerprint density at radius 3 is 2.82 bits per heavy atom. The summed E-state index contributed by atoms with van der Waals surface area (Å²) >= 11 is 7.87. The number of rotatable bonds is 4. The maximum atomic E-state index is 12.7. The van der Waals surface area contributed by atoms with E-state index >= 15 is 0 Å². The number of halogens is 1. The smallest absolute Gasteiger partial charge is 0.255 e. The van der Waals surface area contributed by atoms with Gasteiger partial charge in [-0.3, -0.25) is 4.79 Å². The molecule has 0 radical (unpaired) electrons. The van der Waals surface area contributed by atoms with Crippen LogP contribution in [-0.2, 0) is 0 Å². The van der Waals surface area contributed by atoms with Crippen molar-refractivity contribution in [2.24, 2.45) is 5.92 Å². The molecule has 22 heavy (non-hydrogen) atoms. The fraction of sp³-hybridized carbons (Fsp3) is 0.588. The maximum absolute atomic E-state index is 12.7. The lowest BCUT2D eigenvalue weighted by Crippen LogP contribution is -2.32. The average molecular weight is 339 g/mol. The van der Waals surface area contributed by atoms with Crippen molar-refractivity contribution in [3.63, 3.8) is 0 Å². The normalized spacial score (nSPS) is 22.5. The zero-order valence-corrected chi connectivity index (χ0v) is 14.6. The molecule has 0 bridgehead atoms. The van der Waals surface area contributed by atoms with Gasteiger partial charge in [0.2, 0.25) is 0 Å². The molecule has 120 valence electrons. The Morgan fingerprint density at radius 2 is 2.09 bits per heavy atom. The van der Waals surface area contributed by atoms with Crippen LogP contribution in [0.4, 0.5) is 0 Å². The van der Waals surface area contributed by atoms with Crippen LogP contribution >= 0.6 is 23.4 Å². The van der Waals surface area contributed by atoms with E-state index in [1.807, 2.05) is 29.4 Å². The molecule has 3 nitrogen and oxygen atoms in total. The molecule has 3 rings (SSSR count). The van der Waals surface area contributed by atoms with Crippen LogP contribution < -0.4 is 0 Å². The molecule has 1 amide bonds. The lowest BCUT2D eigenvalue weighted by atomic mass is 10.1. The number of benzene rings is 1. The molecule has 2 fully saturated rings. The van der Waals surface area contributed by atoms with E-state index in [9.17, 15) is 4.79 Å². The predicted molar refractivity (Wildman–Crippen MR) is 92.9 cm³/mol. The Labute approximate surface area is 142 Å². The van der Waals surface area contributed by atoms with Gasteiger partial charge in [-0.25, -0.2) is 0 Å². The van der Waals surface area contributed by atoms with Gasteiger partial charge in [-0.15, -0.1) is 11.8 Å². The molecule has 0 saturated carbocycles. The lowest BCUT2D eigenvalue weighted by molar-refractivity contribution is 0.0784. The Balaban J connectivity index is 1.63.